The molecule has 0 saturated heterocycles. The Morgan fingerprint density at radius 3 is 2.76 bits per heavy atom. The molecule has 6 nitrogen and oxygen atoms in total. The van der Waals surface area contributed by atoms with Gasteiger partial charge in [0.25, 0.3) is 5.91 Å². The van der Waals surface area contributed by atoms with E-state index >= 15 is 0 Å². The van der Waals surface area contributed by atoms with Crippen LogP contribution in [0.5, 0.6) is 0 Å². The molecule has 2 unspecified atom stereocenters. The first-order valence-corrected chi connectivity index (χ1v) is 6.28. The van der Waals surface area contributed by atoms with Crippen molar-refractivity contribution in [1.29, 1.82) is 5.26 Å². The topological polar surface area (TPSA) is 96.0 Å². The summed E-state index contributed by atoms with van der Waals surface area (Å²) in [5.41, 5.74) is -1.96. The number of amides is 1. The minimum absolute atomic E-state index is 0.418. The van der Waals surface area contributed by atoms with Crippen molar-refractivity contribution in [2.45, 2.75) is 25.3 Å². The Balaban J connectivity index is 2.29. The molecule has 0 aliphatic heterocycles. The third-order valence-corrected chi connectivity index (χ3v) is 3.49. The molecule has 0 radical (unpaired) electrons. The van der Waals surface area contributed by atoms with Crippen molar-refractivity contribution < 1.29 is 18.5 Å². The van der Waals surface area contributed by atoms with Gasteiger partial charge in [-0.25, -0.2) is 4.39 Å². The maximum atomic E-state index is 13.9. The normalized spacial score (nSPS) is 20.8. The Morgan fingerprint density at radius 2 is 2.14 bits per heavy atom. The number of nitriles is 1. The summed E-state index contributed by atoms with van der Waals surface area (Å²) in [5, 5.41) is 21.9. The Morgan fingerprint density at radius 1 is 1.43 bits per heavy atom. The molecule has 1 aliphatic carbocycles. The highest BCUT2D eigenvalue weighted by Crippen LogP contribution is 2.27. The van der Waals surface area contributed by atoms with Crippen LogP contribution in [-0.2, 0) is 0 Å². The molecule has 1 saturated carbocycles. The first-order chi connectivity index (χ1) is 9.95. The molecular formula is C13H11F2N3O3. The van der Waals surface area contributed by atoms with Crippen molar-refractivity contribution in [3.63, 3.8) is 0 Å². The van der Waals surface area contributed by atoms with Crippen LogP contribution in [0.15, 0.2) is 12.1 Å². The van der Waals surface area contributed by atoms with Crippen LogP contribution in [0.3, 0.4) is 0 Å². The largest absolute Gasteiger partial charge is 0.348 e. The van der Waals surface area contributed by atoms with Crippen molar-refractivity contribution in [3.05, 3.63) is 39.4 Å². The van der Waals surface area contributed by atoms with Gasteiger partial charge in [0.2, 0.25) is 5.82 Å². The van der Waals surface area contributed by atoms with Crippen LogP contribution in [-0.4, -0.2) is 16.9 Å². The van der Waals surface area contributed by atoms with E-state index in [1.165, 1.54) is 0 Å². The molecule has 1 amide bonds. The zero-order valence-electron chi connectivity index (χ0n) is 10.8. The minimum atomic E-state index is -1.51. The van der Waals surface area contributed by atoms with Crippen LogP contribution in [0.1, 0.15) is 29.6 Å². The summed E-state index contributed by atoms with van der Waals surface area (Å²) in [6.45, 7) is 0. The van der Waals surface area contributed by atoms with Gasteiger partial charge in [0.15, 0.2) is 0 Å². The van der Waals surface area contributed by atoms with E-state index in [9.17, 15) is 23.7 Å². The summed E-state index contributed by atoms with van der Waals surface area (Å²) in [6.07, 6.45) is 1.85. The fraction of sp³-hybridized carbons (Fsp3) is 0.385. The van der Waals surface area contributed by atoms with E-state index in [4.69, 9.17) is 5.26 Å². The van der Waals surface area contributed by atoms with Crippen LogP contribution >= 0.6 is 0 Å². The number of benzene rings is 1. The summed E-state index contributed by atoms with van der Waals surface area (Å²) >= 11 is 0. The molecule has 110 valence electrons. The number of nitrogens with zero attached hydrogens (tertiary/aromatic N) is 2. The molecule has 1 aliphatic rings. The van der Waals surface area contributed by atoms with Gasteiger partial charge >= 0.3 is 5.69 Å². The van der Waals surface area contributed by atoms with Crippen LogP contribution in [0.25, 0.3) is 0 Å². The Kier molecular flexibility index (Phi) is 4.12. The number of nitrogens with one attached hydrogen (secondary N) is 1. The third kappa shape index (κ3) is 2.81. The second-order valence-electron chi connectivity index (χ2n) is 4.76. The molecule has 0 bridgehead atoms. The Bertz CT molecular complexity index is 642. The van der Waals surface area contributed by atoms with Crippen LogP contribution < -0.4 is 5.32 Å². The van der Waals surface area contributed by atoms with Crippen molar-refractivity contribution in [2.24, 2.45) is 5.92 Å². The number of carbonyl (C=O) groups excluding carboxylic acids is 1. The van der Waals surface area contributed by atoms with Gasteiger partial charge in [-0.1, -0.05) is 0 Å². The second kappa shape index (κ2) is 5.83. The predicted molar refractivity (Wildman–Crippen MR) is 67.2 cm³/mol. The Labute approximate surface area is 118 Å². The van der Waals surface area contributed by atoms with Gasteiger partial charge in [0.05, 0.1) is 16.9 Å². The molecule has 0 spiro atoms. The molecular weight excluding hydrogens is 284 g/mol. The molecule has 1 N–H and O–H groups in total. The van der Waals surface area contributed by atoms with Gasteiger partial charge in [-0.2, -0.15) is 9.65 Å². The molecule has 21 heavy (non-hydrogen) atoms. The monoisotopic (exact) mass is 295 g/mol. The number of halogens is 2. The first kappa shape index (κ1) is 14.8. The van der Waals surface area contributed by atoms with Crippen molar-refractivity contribution in [3.8, 4) is 6.07 Å². The molecule has 2 atom stereocenters. The fourth-order valence-electron chi connectivity index (χ4n) is 2.42. The SMILES string of the molecule is N#CC1CCCC1NC(=O)c1c(F)ccc([N+](=O)[O-])c1F. The van der Waals surface area contributed by atoms with E-state index in [0.717, 1.165) is 6.42 Å². The fourth-order valence-corrected chi connectivity index (χ4v) is 2.42. The molecule has 1 aromatic rings. The lowest BCUT2D eigenvalue weighted by atomic mass is 10.0. The summed E-state index contributed by atoms with van der Waals surface area (Å²) in [7, 11) is 0. The second-order valence-corrected chi connectivity index (χ2v) is 4.76. The maximum absolute atomic E-state index is 13.9. The van der Waals surface area contributed by atoms with E-state index in [-0.39, 0.29) is 0 Å². The van der Waals surface area contributed by atoms with Crippen molar-refractivity contribution >= 4 is 11.6 Å². The van der Waals surface area contributed by atoms with Gasteiger partial charge in [0, 0.05) is 12.1 Å². The standard InChI is InChI=1S/C13H11F2N3O3/c14-8-4-5-10(18(20)21)12(15)11(8)13(19)17-9-3-1-2-7(9)6-16/h4-5,7,9H,1-3H2,(H,17,19). The molecule has 8 heteroatoms. The highest BCUT2D eigenvalue weighted by Gasteiger charge is 2.32. The Hall–Kier alpha value is -2.56. The summed E-state index contributed by atoms with van der Waals surface area (Å²) < 4.78 is 27.5. The lowest BCUT2D eigenvalue weighted by molar-refractivity contribution is -0.387. The van der Waals surface area contributed by atoms with E-state index in [0.29, 0.717) is 25.0 Å². The van der Waals surface area contributed by atoms with Gasteiger partial charge in [-0.3, -0.25) is 14.9 Å². The number of rotatable bonds is 3. The first-order valence-electron chi connectivity index (χ1n) is 6.28. The third-order valence-electron chi connectivity index (χ3n) is 3.49. The lowest BCUT2D eigenvalue weighted by Gasteiger charge is -2.16. The van der Waals surface area contributed by atoms with E-state index in [2.05, 4.69) is 5.32 Å². The van der Waals surface area contributed by atoms with Gasteiger partial charge in [0.1, 0.15) is 11.4 Å². The minimum Gasteiger partial charge on any atom is -0.348 e. The summed E-state index contributed by atoms with van der Waals surface area (Å²) in [5.74, 6) is -4.19. The average molecular weight is 295 g/mol. The lowest BCUT2D eigenvalue weighted by Crippen LogP contribution is -2.37. The number of hydrogen-bond donors (Lipinski definition) is 1. The molecule has 0 heterocycles. The summed E-state index contributed by atoms with van der Waals surface area (Å²) in [4.78, 5) is 21.5. The summed E-state index contributed by atoms with van der Waals surface area (Å²) in [6, 6.07) is 2.85. The molecule has 2 rings (SSSR count). The molecule has 1 aromatic carbocycles. The highest BCUT2D eigenvalue weighted by molar-refractivity contribution is 5.95. The zero-order chi connectivity index (χ0) is 15.6. The smallest absolute Gasteiger partial charge is 0.305 e. The number of hydrogen-bond acceptors (Lipinski definition) is 4. The van der Waals surface area contributed by atoms with E-state index < -0.39 is 45.7 Å². The van der Waals surface area contributed by atoms with Crippen molar-refractivity contribution in [1.82, 2.24) is 5.32 Å². The van der Waals surface area contributed by atoms with Gasteiger partial charge in [-0.05, 0) is 25.3 Å². The van der Waals surface area contributed by atoms with E-state index in [1.807, 2.05) is 6.07 Å². The van der Waals surface area contributed by atoms with Gasteiger partial charge in [-0.15, -0.1) is 0 Å². The highest BCUT2D eigenvalue weighted by atomic mass is 19.1. The average Bonchev–Trinajstić information content (AvgIpc) is 2.85. The number of nitro benzene ring substituents is 1. The predicted octanol–water partition coefficient (Wildman–Crippen LogP) is 2.30. The zero-order valence-corrected chi connectivity index (χ0v) is 10.8. The van der Waals surface area contributed by atoms with Crippen LogP contribution in [0.4, 0.5) is 14.5 Å². The van der Waals surface area contributed by atoms with Crippen LogP contribution in [0, 0.1) is 39.0 Å². The van der Waals surface area contributed by atoms with Crippen LogP contribution in [0.2, 0.25) is 0 Å². The number of carbonyl (C=O) groups is 1. The number of nitro groups is 1. The van der Waals surface area contributed by atoms with Gasteiger partial charge < -0.3 is 5.32 Å². The van der Waals surface area contributed by atoms with E-state index in [1.54, 1.807) is 0 Å². The quantitative estimate of drug-likeness (QED) is 0.683. The molecule has 1 fully saturated rings. The van der Waals surface area contributed by atoms with Crippen molar-refractivity contribution in [2.75, 3.05) is 0 Å². The maximum Gasteiger partial charge on any atom is 0.305 e. The molecule has 0 aromatic heterocycles.